The van der Waals surface area contributed by atoms with E-state index in [4.69, 9.17) is 0 Å². The Hall–Kier alpha value is 0.880. The Balaban J connectivity index is 2.85. The zero-order chi connectivity index (χ0) is 4.28. The number of rotatable bonds is 1. The molecule has 0 aromatic rings. The van der Waals surface area contributed by atoms with Gasteiger partial charge < -0.3 is 0 Å². The van der Waals surface area contributed by atoms with Crippen LogP contribution in [0.2, 0.25) is 0 Å². The first-order valence-electron chi connectivity index (χ1n) is 0.924. The Morgan fingerprint density at radius 3 is 2.20 bits per heavy atom. The Bertz CT molecular complexity index is 42.2. The first-order chi connectivity index (χ1) is 2.27. The maximum Gasteiger partial charge on any atom is 0.0185 e. The van der Waals surface area contributed by atoms with Crippen molar-refractivity contribution in [1.29, 1.82) is 0 Å². The summed E-state index contributed by atoms with van der Waals surface area (Å²) < 4.78 is 4.29. The highest BCUT2D eigenvalue weighted by molar-refractivity contribution is 8.27. The molecule has 1 nitrogen and oxygen atoms in total. The minimum Gasteiger partial charge on any atom is -0.248 e. The molecule has 0 rings (SSSR count). The van der Waals surface area contributed by atoms with Crippen LogP contribution in [0.25, 0.3) is 0 Å². The first-order valence-corrected chi connectivity index (χ1v) is 3.77. The number of hydrogen-bond donors (Lipinski definition) is 1. The van der Waals surface area contributed by atoms with Crippen LogP contribution in [0.3, 0.4) is 0 Å². The van der Waals surface area contributed by atoms with Crippen LogP contribution in [0.1, 0.15) is 0 Å². The molecule has 1 unspecified atom stereocenters. The highest BCUT2D eigenvalue weighted by Crippen LogP contribution is 1.79. The standard InChI is InChI=1S/CH4OS3/c1-5(4)2-3/h3H,1H3. The highest BCUT2D eigenvalue weighted by atomic mass is 32.8. The molecular formula is CH4OS3. The molecule has 32 valence electrons. The van der Waals surface area contributed by atoms with Gasteiger partial charge in [-0.2, -0.15) is 0 Å². The van der Waals surface area contributed by atoms with Gasteiger partial charge in [0.15, 0.2) is 0 Å². The summed E-state index contributed by atoms with van der Waals surface area (Å²) in [7, 11) is -0.375. The van der Waals surface area contributed by atoms with Gasteiger partial charge >= 0.3 is 0 Å². The van der Waals surface area contributed by atoms with Crippen LogP contribution in [0.15, 0.2) is 0 Å². The fourth-order valence-electron chi connectivity index (χ4n) is 0. The van der Waals surface area contributed by atoms with Crippen LogP contribution in [-0.2, 0) is 24.6 Å². The molecule has 0 aliphatic rings. The molecule has 0 spiro atoms. The molecule has 0 fully saturated rings. The van der Waals surface area contributed by atoms with Crippen LogP contribution in [0.4, 0.5) is 0 Å². The minimum atomic E-state index is -0.375. The highest BCUT2D eigenvalue weighted by Gasteiger charge is 1.67. The summed E-state index contributed by atoms with van der Waals surface area (Å²) in [5.41, 5.74) is 0. The second-order valence-corrected chi connectivity index (χ2v) is 3.28. The lowest BCUT2D eigenvalue weighted by molar-refractivity contribution is 0.772. The van der Waals surface area contributed by atoms with E-state index in [1.165, 1.54) is 0 Å². The molecule has 0 aliphatic carbocycles. The molecule has 0 radical (unpaired) electrons. The Labute approximate surface area is 44.1 Å². The van der Waals surface area contributed by atoms with Gasteiger partial charge in [-0.05, 0) is 24.1 Å². The van der Waals surface area contributed by atoms with E-state index in [1.54, 1.807) is 6.26 Å². The molecule has 0 heterocycles. The van der Waals surface area contributed by atoms with E-state index in [2.05, 4.69) is 27.7 Å². The molecule has 0 saturated carbocycles. The predicted molar refractivity (Wildman–Crippen MR) is 30.7 cm³/mol. The lowest BCUT2D eigenvalue weighted by Gasteiger charge is -1.81. The van der Waals surface area contributed by atoms with E-state index < -0.39 is 0 Å². The smallest absolute Gasteiger partial charge is 0.0185 e. The van der Waals surface area contributed by atoms with Crippen LogP contribution < -0.4 is 0 Å². The van der Waals surface area contributed by atoms with Crippen LogP contribution in [0.5, 0.6) is 0 Å². The van der Waals surface area contributed by atoms with Gasteiger partial charge in [0, 0.05) is 16.0 Å². The van der Waals surface area contributed by atoms with E-state index in [0.717, 1.165) is 0 Å². The summed E-state index contributed by atoms with van der Waals surface area (Å²) in [6.45, 7) is 0. The zero-order valence-electron chi connectivity index (χ0n) is 2.67. The lowest BCUT2D eigenvalue weighted by atomic mass is 12.0. The summed E-state index contributed by atoms with van der Waals surface area (Å²) in [5.74, 6) is 0. The second kappa shape index (κ2) is 3.08. The maximum absolute atomic E-state index is 4.51. The Morgan fingerprint density at radius 1 is 2.00 bits per heavy atom. The van der Waals surface area contributed by atoms with Crippen molar-refractivity contribution >= 4 is 33.8 Å². The monoisotopic (exact) mass is 128 g/mol. The van der Waals surface area contributed by atoms with Gasteiger partial charge in [0.2, 0.25) is 0 Å². The summed E-state index contributed by atoms with van der Waals surface area (Å²) >= 11 is 7.93. The molecule has 0 bridgehead atoms. The van der Waals surface area contributed by atoms with Crippen molar-refractivity contribution < 1.29 is 3.63 Å². The SMILES string of the molecule is CS(=S)OS. The van der Waals surface area contributed by atoms with Gasteiger partial charge in [0.25, 0.3) is 0 Å². The molecular weight excluding hydrogens is 124 g/mol. The third kappa shape index (κ3) is 4.88. The number of thiol groups is 1. The van der Waals surface area contributed by atoms with Crippen molar-refractivity contribution in [2.75, 3.05) is 6.26 Å². The van der Waals surface area contributed by atoms with Crippen molar-refractivity contribution in [3.05, 3.63) is 0 Å². The van der Waals surface area contributed by atoms with Crippen LogP contribution in [-0.4, -0.2) is 6.26 Å². The average Bonchev–Trinajstić information content (AvgIpc) is 1.38. The zero-order valence-corrected chi connectivity index (χ0v) is 5.20. The van der Waals surface area contributed by atoms with Crippen molar-refractivity contribution in [2.24, 2.45) is 0 Å². The fourth-order valence-corrected chi connectivity index (χ4v) is 0. The maximum atomic E-state index is 4.51. The molecule has 0 N–H and O–H groups in total. The van der Waals surface area contributed by atoms with Crippen molar-refractivity contribution in [3.8, 4) is 0 Å². The molecule has 4 heteroatoms. The quantitative estimate of drug-likeness (QED) is 0.406. The molecule has 0 aromatic heterocycles. The fraction of sp³-hybridized carbons (Fsp3) is 1.00. The molecule has 0 aliphatic heterocycles. The van der Waals surface area contributed by atoms with Gasteiger partial charge in [-0.15, -0.1) is 0 Å². The van der Waals surface area contributed by atoms with Crippen LogP contribution in [0, 0.1) is 0 Å². The Kier molecular flexibility index (Phi) is 3.63. The summed E-state index contributed by atoms with van der Waals surface area (Å²) in [6, 6.07) is 0. The van der Waals surface area contributed by atoms with E-state index in [9.17, 15) is 0 Å². The van der Waals surface area contributed by atoms with Crippen molar-refractivity contribution in [2.45, 2.75) is 0 Å². The molecule has 5 heavy (non-hydrogen) atoms. The van der Waals surface area contributed by atoms with Gasteiger partial charge in [0.1, 0.15) is 0 Å². The summed E-state index contributed by atoms with van der Waals surface area (Å²) in [6.07, 6.45) is 1.77. The number of hydrogen-bond acceptors (Lipinski definition) is 3. The largest absolute Gasteiger partial charge is 0.248 e. The molecule has 0 saturated heterocycles. The predicted octanol–water partition coefficient (Wildman–Crippen LogP) is 0.473. The van der Waals surface area contributed by atoms with E-state index in [1.807, 2.05) is 0 Å². The summed E-state index contributed by atoms with van der Waals surface area (Å²) in [5, 5.41) is 0. The molecule has 1 atom stereocenters. The lowest BCUT2D eigenvalue weighted by Crippen LogP contribution is -1.74. The average molecular weight is 128 g/mol. The third-order valence-corrected chi connectivity index (χ3v) is 1.49. The van der Waals surface area contributed by atoms with E-state index >= 15 is 0 Å². The van der Waals surface area contributed by atoms with Gasteiger partial charge in [0.05, 0.1) is 0 Å². The first kappa shape index (κ1) is 5.88. The summed E-state index contributed by atoms with van der Waals surface area (Å²) in [4.78, 5) is 0. The Morgan fingerprint density at radius 2 is 2.20 bits per heavy atom. The topological polar surface area (TPSA) is 9.23 Å². The minimum absolute atomic E-state index is 0.375. The van der Waals surface area contributed by atoms with Crippen molar-refractivity contribution in [1.82, 2.24) is 0 Å². The van der Waals surface area contributed by atoms with E-state index in [-0.39, 0.29) is 9.74 Å². The van der Waals surface area contributed by atoms with E-state index in [0.29, 0.717) is 0 Å². The second-order valence-electron chi connectivity index (χ2n) is 0.476. The normalized spacial score (nSPS) is 14.8. The third-order valence-electron chi connectivity index (χ3n) is 0.105. The van der Waals surface area contributed by atoms with Crippen molar-refractivity contribution in [3.63, 3.8) is 0 Å². The van der Waals surface area contributed by atoms with Gasteiger partial charge in [-0.1, -0.05) is 0 Å². The molecule has 0 aromatic carbocycles. The van der Waals surface area contributed by atoms with Gasteiger partial charge in [-0.25, -0.2) is 3.63 Å². The van der Waals surface area contributed by atoms with Gasteiger partial charge in [-0.3, -0.25) is 0 Å². The van der Waals surface area contributed by atoms with Crippen LogP contribution >= 0.6 is 12.9 Å². The molecule has 0 amide bonds.